The molecule has 0 aliphatic heterocycles. The van der Waals surface area contributed by atoms with Crippen LogP contribution in [0, 0.1) is 5.92 Å². The van der Waals surface area contributed by atoms with E-state index in [1.165, 1.54) is 12.8 Å². The summed E-state index contributed by atoms with van der Waals surface area (Å²) in [6, 6.07) is 5.25. The third kappa shape index (κ3) is 3.37. The third-order valence-electron chi connectivity index (χ3n) is 2.81. The van der Waals surface area contributed by atoms with Gasteiger partial charge in [0, 0.05) is 10.0 Å². The highest BCUT2D eigenvalue weighted by molar-refractivity contribution is 6.34. The molecule has 0 spiro atoms. The van der Waals surface area contributed by atoms with Gasteiger partial charge in [-0.2, -0.15) is 0 Å². The second-order valence-electron chi connectivity index (χ2n) is 4.24. The van der Waals surface area contributed by atoms with E-state index in [-0.39, 0.29) is 0 Å². The van der Waals surface area contributed by atoms with Gasteiger partial charge in [0.15, 0.2) is 0 Å². The standard InChI is InChI=1S/C12H14Cl2O/c13-10-5-9(6-11(14)7-10)12(15)4-3-8-1-2-8/h5-8,12,15H,1-4H2. The van der Waals surface area contributed by atoms with Crippen LogP contribution in [0.25, 0.3) is 0 Å². The molecule has 0 amide bonds. The van der Waals surface area contributed by atoms with Crippen molar-refractivity contribution in [2.75, 3.05) is 0 Å². The summed E-state index contributed by atoms with van der Waals surface area (Å²) >= 11 is 11.7. The Morgan fingerprint density at radius 2 is 1.80 bits per heavy atom. The van der Waals surface area contributed by atoms with Gasteiger partial charge in [0.05, 0.1) is 6.10 Å². The minimum absolute atomic E-state index is 0.429. The summed E-state index contributed by atoms with van der Waals surface area (Å²) in [5, 5.41) is 11.1. The maximum Gasteiger partial charge on any atom is 0.0791 e. The molecule has 0 radical (unpaired) electrons. The van der Waals surface area contributed by atoms with Crippen molar-refractivity contribution in [2.45, 2.75) is 31.8 Å². The van der Waals surface area contributed by atoms with Gasteiger partial charge in [-0.15, -0.1) is 0 Å². The predicted octanol–water partition coefficient (Wildman–Crippen LogP) is 4.22. The summed E-state index contributed by atoms with van der Waals surface area (Å²) in [4.78, 5) is 0. The van der Waals surface area contributed by atoms with E-state index in [2.05, 4.69) is 0 Å². The molecule has 1 aliphatic carbocycles. The molecule has 1 aromatic carbocycles. The van der Waals surface area contributed by atoms with Crippen molar-refractivity contribution < 1.29 is 5.11 Å². The van der Waals surface area contributed by atoms with E-state index < -0.39 is 6.10 Å². The number of hydrogen-bond donors (Lipinski definition) is 1. The highest BCUT2D eigenvalue weighted by atomic mass is 35.5. The molecule has 1 fully saturated rings. The Bertz CT molecular complexity index is 327. The van der Waals surface area contributed by atoms with Gasteiger partial charge in [-0.05, 0) is 42.5 Å². The lowest BCUT2D eigenvalue weighted by molar-refractivity contribution is 0.162. The van der Waals surface area contributed by atoms with E-state index in [0.717, 1.165) is 24.3 Å². The van der Waals surface area contributed by atoms with Crippen LogP contribution in [0.3, 0.4) is 0 Å². The normalized spacial score (nSPS) is 17.8. The topological polar surface area (TPSA) is 20.2 Å². The largest absolute Gasteiger partial charge is 0.388 e. The minimum Gasteiger partial charge on any atom is -0.388 e. The van der Waals surface area contributed by atoms with E-state index in [0.29, 0.717) is 10.0 Å². The summed E-state index contributed by atoms with van der Waals surface area (Å²) in [6.07, 6.45) is 4.13. The molecule has 1 N–H and O–H groups in total. The first-order chi connectivity index (χ1) is 7.15. The Kier molecular flexibility index (Phi) is 3.55. The van der Waals surface area contributed by atoms with Crippen molar-refractivity contribution in [2.24, 2.45) is 5.92 Å². The zero-order valence-electron chi connectivity index (χ0n) is 8.42. The molecule has 1 aliphatic rings. The van der Waals surface area contributed by atoms with Gasteiger partial charge < -0.3 is 5.11 Å². The molecule has 0 heterocycles. The van der Waals surface area contributed by atoms with Crippen LogP contribution >= 0.6 is 23.2 Å². The smallest absolute Gasteiger partial charge is 0.0791 e. The fourth-order valence-corrected chi connectivity index (χ4v) is 2.28. The number of hydrogen-bond acceptors (Lipinski definition) is 1. The number of benzene rings is 1. The van der Waals surface area contributed by atoms with Gasteiger partial charge in [-0.3, -0.25) is 0 Å². The van der Waals surface area contributed by atoms with Crippen LogP contribution in [0.4, 0.5) is 0 Å². The van der Waals surface area contributed by atoms with Gasteiger partial charge >= 0.3 is 0 Å². The van der Waals surface area contributed by atoms with Crippen LogP contribution in [0.15, 0.2) is 18.2 Å². The van der Waals surface area contributed by atoms with Crippen LogP contribution in [0.2, 0.25) is 10.0 Å². The zero-order valence-corrected chi connectivity index (χ0v) is 9.93. The molecule has 1 atom stereocenters. The lowest BCUT2D eigenvalue weighted by Gasteiger charge is -2.11. The first-order valence-corrected chi connectivity index (χ1v) is 6.05. The van der Waals surface area contributed by atoms with E-state index in [4.69, 9.17) is 23.2 Å². The quantitative estimate of drug-likeness (QED) is 0.842. The minimum atomic E-state index is -0.429. The highest BCUT2D eigenvalue weighted by Gasteiger charge is 2.22. The van der Waals surface area contributed by atoms with Crippen LogP contribution in [0.1, 0.15) is 37.4 Å². The average Bonchev–Trinajstić information content (AvgIpc) is 2.96. The molecule has 0 saturated heterocycles. The van der Waals surface area contributed by atoms with Gasteiger partial charge in [0.25, 0.3) is 0 Å². The highest BCUT2D eigenvalue weighted by Crippen LogP contribution is 2.36. The molecule has 1 saturated carbocycles. The van der Waals surface area contributed by atoms with Crippen molar-refractivity contribution in [3.05, 3.63) is 33.8 Å². The number of rotatable bonds is 4. The summed E-state index contributed by atoms with van der Waals surface area (Å²) in [7, 11) is 0. The maximum atomic E-state index is 9.93. The Balaban J connectivity index is 1.99. The van der Waals surface area contributed by atoms with Crippen LogP contribution < -0.4 is 0 Å². The van der Waals surface area contributed by atoms with Crippen molar-refractivity contribution in [1.82, 2.24) is 0 Å². The molecular formula is C12H14Cl2O. The van der Waals surface area contributed by atoms with Crippen molar-refractivity contribution >= 4 is 23.2 Å². The molecule has 0 bridgehead atoms. The Labute approximate surface area is 100 Å². The zero-order chi connectivity index (χ0) is 10.8. The molecule has 15 heavy (non-hydrogen) atoms. The van der Waals surface area contributed by atoms with E-state index in [1.807, 2.05) is 0 Å². The van der Waals surface area contributed by atoms with Crippen LogP contribution in [-0.4, -0.2) is 5.11 Å². The monoisotopic (exact) mass is 244 g/mol. The summed E-state index contributed by atoms with van der Waals surface area (Å²) in [6.45, 7) is 0. The van der Waals surface area contributed by atoms with Gasteiger partial charge in [-0.1, -0.05) is 36.0 Å². The van der Waals surface area contributed by atoms with Crippen molar-refractivity contribution in [3.63, 3.8) is 0 Å². The van der Waals surface area contributed by atoms with Crippen LogP contribution in [0.5, 0.6) is 0 Å². The predicted molar refractivity (Wildman–Crippen MR) is 63.4 cm³/mol. The second-order valence-corrected chi connectivity index (χ2v) is 5.11. The molecule has 1 nitrogen and oxygen atoms in total. The van der Waals surface area contributed by atoms with Gasteiger partial charge in [0.1, 0.15) is 0 Å². The first kappa shape index (κ1) is 11.3. The summed E-state index contributed by atoms with van der Waals surface area (Å²) in [5.41, 5.74) is 0.827. The lowest BCUT2D eigenvalue weighted by Crippen LogP contribution is -1.98. The number of aliphatic hydroxyl groups is 1. The lowest BCUT2D eigenvalue weighted by atomic mass is 10.0. The molecule has 0 aromatic heterocycles. The van der Waals surface area contributed by atoms with Crippen molar-refractivity contribution in [1.29, 1.82) is 0 Å². The summed E-state index contributed by atoms with van der Waals surface area (Å²) < 4.78 is 0. The molecule has 2 rings (SSSR count). The fourth-order valence-electron chi connectivity index (χ4n) is 1.73. The Hall–Kier alpha value is -0.240. The third-order valence-corrected chi connectivity index (χ3v) is 3.25. The van der Waals surface area contributed by atoms with Crippen LogP contribution in [-0.2, 0) is 0 Å². The van der Waals surface area contributed by atoms with E-state index in [9.17, 15) is 5.11 Å². The van der Waals surface area contributed by atoms with Crippen molar-refractivity contribution in [3.8, 4) is 0 Å². The molecule has 1 aromatic rings. The molecule has 1 unspecified atom stereocenters. The summed E-state index contributed by atoms with van der Waals surface area (Å²) in [5.74, 6) is 0.842. The second kappa shape index (κ2) is 4.73. The fraction of sp³-hybridized carbons (Fsp3) is 0.500. The molecule has 82 valence electrons. The molecular weight excluding hydrogens is 231 g/mol. The van der Waals surface area contributed by atoms with E-state index in [1.54, 1.807) is 18.2 Å². The van der Waals surface area contributed by atoms with E-state index >= 15 is 0 Å². The van der Waals surface area contributed by atoms with Gasteiger partial charge in [0.2, 0.25) is 0 Å². The first-order valence-electron chi connectivity index (χ1n) is 5.29. The average molecular weight is 245 g/mol. The number of aliphatic hydroxyl groups excluding tert-OH is 1. The number of halogens is 2. The Morgan fingerprint density at radius 3 is 2.33 bits per heavy atom. The molecule has 3 heteroatoms. The Morgan fingerprint density at radius 1 is 1.20 bits per heavy atom. The maximum absolute atomic E-state index is 9.93. The van der Waals surface area contributed by atoms with Gasteiger partial charge in [-0.25, -0.2) is 0 Å². The SMILES string of the molecule is OC(CCC1CC1)c1cc(Cl)cc(Cl)c1.